The third-order valence-electron chi connectivity index (χ3n) is 6.38. The van der Waals surface area contributed by atoms with Crippen LogP contribution >= 0.6 is 0 Å². The van der Waals surface area contributed by atoms with Gasteiger partial charge >= 0.3 is 6.03 Å². The molecule has 1 aromatic heterocycles. The fraction of sp³-hybridized carbons (Fsp3) is 0.474. The lowest BCUT2D eigenvalue weighted by Crippen LogP contribution is -2.38. The number of nitrogens with zero attached hydrogens (tertiary/aromatic N) is 4. The maximum absolute atomic E-state index is 12.9. The largest absolute Gasteiger partial charge is 0.488 e. The van der Waals surface area contributed by atoms with Crippen LogP contribution in [0.4, 0.5) is 10.6 Å². The van der Waals surface area contributed by atoms with Crippen LogP contribution in [0.5, 0.6) is 5.75 Å². The second kappa shape index (κ2) is 5.54. The van der Waals surface area contributed by atoms with Crippen LogP contribution in [0, 0.1) is 5.92 Å². The van der Waals surface area contributed by atoms with Crippen LogP contribution in [-0.4, -0.2) is 70.7 Å². The highest BCUT2D eigenvalue weighted by Crippen LogP contribution is 2.42. The molecule has 146 valence electrons. The first-order valence-electron chi connectivity index (χ1n) is 9.75. The third kappa shape index (κ3) is 2.16. The van der Waals surface area contributed by atoms with Gasteiger partial charge in [-0.15, -0.1) is 0 Å². The predicted molar refractivity (Wildman–Crippen MR) is 100 cm³/mol. The van der Waals surface area contributed by atoms with E-state index in [1.165, 1.54) is 5.01 Å². The van der Waals surface area contributed by atoms with Gasteiger partial charge in [-0.25, -0.2) is 10.2 Å². The summed E-state index contributed by atoms with van der Waals surface area (Å²) in [7, 11) is 1.71. The molecule has 1 aromatic rings. The zero-order chi connectivity index (χ0) is 19.0. The van der Waals surface area contributed by atoms with Crippen molar-refractivity contribution in [1.29, 1.82) is 0 Å². The number of H-pyrrole nitrogens is 1. The molecule has 3 saturated heterocycles. The summed E-state index contributed by atoms with van der Waals surface area (Å²) in [5, 5.41) is 1.48. The number of urea groups is 1. The Morgan fingerprint density at radius 2 is 2.18 bits per heavy atom. The lowest BCUT2D eigenvalue weighted by atomic mass is 9.86. The molecule has 7 rings (SSSR count). The van der Waals surface area contributed by atoms with Crippen molar-refractivity contribution in [2.75, 3.05) is 31.6 Å². The van der Waals surface area contributed by atoms with Crippen molar-refractivity contribution in [3.05, 3.63) is 35.8 Å². The SMILES string of the molecule is CN1NC2C=C(N3CCOc4cc(C(=O)N5CC6CC5C6)[nH]c43)C=CN2C1=O. The molecular weight excluding hydrogens is 360 g/mol. The van der Waals surface area contributed by atoms with E-state index in [1.807, 2.05) is 23.1 Å². The Labute approximate surface area is 162 Å². The van der Waals surface area contributed by atoms with Crippen LogP contribution in [0.15, 0.2) is 30.1 Å². The Kier molecular flexibility index (Phi) is 3.18. The number of allylic oxidation sites excluding steroid dienone is 1. The summed E-state index contributed by atoms with van der Waals surface area (Å²) in [6.45, 7) is 2.08. The van der Waals surface area contributed by atoms with Crippen LogP contribution in [0.2, 0.25) is 0 Å². The van der Waals surface area contributed by atoms with E-state index < -0.39 is 0 Å². The molecule has 2 N–H and O–H groups in total. The quantitative estimate of drug-likeness (QED) is 0.799. The third-order valence-corrected chi connectivity index (χ3v) is 6.38. The Hall–Kier alpha value is -2.94. The van der Waals surface area contributed by atoms with Gasteiger partial charge in [0.25, 0.3) is 5.91 Å². The van der Waals surface area contributed by atoms with Crippen molar-refractivity contribution in [2.45, 2.75) is 25.0 Å². The van der Waals surface area contributed by atoms with Crippen molar-refractivity contribution in [1.82, 2.24) is 25.2 Å². The minimum absolute atomic E-state index is 0.0620. The van der Waals surface area contributed by atoms with Gasteiger partial charge in [0.05, 0.1) is 6.54 Å². The van der Waals surface area contributed by atoms with E-state index in [0.717, 1.165) is 30.9 Å². The molecule has 1 saturated carbocycles. The highest BCUT2D eigenvalue weighted by atomic mass is 16.5. The van der Waals surface area contributed by atoms with Crippen molar-refractivity contribution >= 4 is 17.8 Å². The van der Waals surface area contributed by atoms with Gasteiger partial charge in [-0.05, 0) is 30.9 Å². The van der Waals surface area contributed by atoms with Crippen molar-refractivity contribution in [2.24, 2.45) is 5.92 Å². The summed E-state index contributed by atoms with van der Waals surface area (Å²) in [6.07, 6.45) is 7.79. The second-order valence-electron chi connectivity index (χ2n) is 8.07. The molecule has 6 heterocycles. The van der Waals surface area contributed by atoms with Crippen LogP contribution in [-0.2, 0) is 0 Å². The standard InChI is InChI=1S/C19H22N6O3/c1-22-19(27)24-3-2-12(8-16(24)21-22)23-4-5-28-15-9-14(20-17(15)23)18(26)25-10-11-6-13(25)7-11/h2-3,8-9,11,13,16,20-21H,4-7,10H2,1H3. The number of hydrogen-bond acceptors (Lipinski definition) is 5. The zero-order valence-electron chi connectivity index (χ0n) is 15.6. The number of carbonyl (C=O) groups excluding carboxylic acids is 2. The van der Waals surface area contributed by atoms with E-state index >= 15 is 0 Å². The first kappa shape index (κ1) is 16.1. The maximum Gasteiger partial charge on any atom is 0.339 e. The van der Waals surface area contributed by atoms with Crippen molar-refractivity contribution in [3.63, 3.8) is 0 Å². The number of aromatic amines is 1. The van der Waals surface area contributed by atoms with Crippen LogP contribution in [0.1, 0.15) is 23.3 Å². The summed E-state index contributed by atoms with van der Waals surface area (Å²) in [4.78, 5) is 34.1. The molecule has 9 heteroatoms. The number of carbonyl (C=O) groups is 2. The number of hydrazine groups is 1. The Morgan fingerprint density at radius 1 is 1.32 bits per heavy atom. The van der Waals surface area contributed by atoms with E-state index in [9.17, 15) is 9.59 Å². The first-order chi connectivity index (χ1) is 13.6. The Bertz CT molecular complexity index is 930. The number of nitrogens with one attached hydrogen (secondary N) is 2. The molecule has 28 heavy (non-hydrogen) atoms. The highest BCUT2D eigenvalue weighted by molar-refractivity contribution is 5.95. The van der Waals surface area contributed by atoms with E-state index in [2.05, 4.69) is 15.3 Å². The van der Waals surface area contributed by atoms with Gasteiger partial charge in [0.15, 0.2) is 11.6 Å². The van der Waals surface area contributed by atoms with Crippen LogP contribution < -0.4 is 15.1 Å². The lowest BCUT2D eigenvalue weighted by Gasteiger charge is -2.32. The number of ether oxygens (including phenoxy) is 1. The van der Waals surface area contributed by atoms with Gasteiger partial charge in [-0.2, -0.15) is 0 Å². The normalized spacial score (nSPS) is 30.1. The predicted octanol–water partition coefficient (Wildman–Crippen LogP) is 1.06. The number of aromatic nitrogens is 1. The van der Waals surface area contributed by atoms with Gasteiger partial charge in [-0.3, -0.25) is 14.7 Å². The summed E-state index contributed by atoms with van der Waals surface area (Å²) < 4.78 is 5.81. The average Bonchev–Trinajstić information content (AvgIpc) is 3.42. The lowest BCUT2D eigenvalue weighted by molar-refractivity contribution is 0.0746. The molecule has 1 aliphatic carbocycles. The number of rotatable bonds is 2. The fourth-order valence-corrected chi connectivity index (χ4v) is 4.84. The summed E-state index contributed by atoms with van der Waals surface area (Å²) in [5.74, 6) is 2.24. The molecule has 0 spiro atoms. The van der Waals surface area contributed by atoms with E-state index in [0.29, 0.717) is 36.6 Å². The number of fused-ring (bicyclic) bond motifs is 3. The summed E-state index contributed by atoms with van der Waals surface area (Å²) in [5.41, 5.74) is 4.67. The summed E-state index contributed by atoms with van der Waals surface area (Å²) >= 11 is 0. The molecule has 0 aromatic carbocycles. The molecule has 0 radical (unpaired) electrons. The van der Waals surface area contributed by atoms with Crippen LogP contribution in [0.25, 0.3) is 0 Å². The first-order valence-corrected chi connectivity index (χ1v) is 9.75. The number of hydrogen-bond donors (Lipinski definition) is 2. The molecule has 5 aliphatic heterocycles. The van der Waals surface area contributed by atoms with Gasteiger partial charge in [-0.1, -0.05) is 0 Å². The van der Waals surface area contributed by atoms with Crippen molar-refractivity contribution in [3.8, 4) is 5.75 Å². The van der Waals surface area contributed by atoms with E-state index in [4.69, 9.17) is 4.74 Å². The van der Waals surface area contributed by atoms with Crippen LogP contribution in [0.3, 0.4) is 0 Å². The molecule has 1 unspecified atom stereocenters. The Balaban J connectivity index is 1.29. The monoisotopic (exact) mass is 382 g/mol. The molecule has 4 fully saturated rings. The van der Waals surface area contributed by atoms with Gasteiger partial charge in [0, 0.05) is 37.6 Å². The van der Waals surface area contributed by atoms with Gasteiger partial charge in [0.2, 0.25) is 0 Å². The molecular formula is C19H22N6O3. The summed E-state index contributed by atoms with van der Waals surface area (Å²) in [6, 6.07) is 2.15. The average molecular weight is 382 g/mol. The molecule has 2 bridgehead atoms. The van der Waals surface area contributed by atoms with Gasteiger partial charge < -0.3 is 19.5 Å². The minimum atomic E-state index is -0.212. The molecule has 1 atom stereocenters. The van der Waals surface area contributed by atoms with E-state index in [1.54, 1.807) is 18.1 Å². The highest BCUT2D eigenvalue weighted by Gasteiger charge is 2.45. The van der Waals surface area contributed by atoms with Gasteiger partial charge in [0.1, 0.15) is 18.5 Å². The molecule has 9 nitrogen and oxygen atoms in total. The Morgan fingerprint density at radius 3 is 2.96 bits per heavy atom. The van der Waals surface area contributed by atoms with Crippen molar-refractivity contribution < 1.29 is 14.3 Å². The minimum Gasteiger partial charge on any atom is -0.488 e. The fourth-order valence-electron chi connectivity index (χ4n) is 4.84. The number of anilines is 1. The zero-order valence-corrected chi connectivity index (χ0v) is 15.6. The maximum atomic E-state index is 12.9. The van der Waals surface area contributed by atoms with E-state index in [-0.39, 0.29) is 18.1 Å². The molecule has 6 aliphatic rings. The second-order valence-corrected chi connectivity index (χ2v) is 8.07. The smallest absolute Gasteiger partial charge is 0.339 e. The molecule has 3 amide bonds. The number of amides is 3. The topological polar surface area (TPSA) is 84.2 Å².